The summed E-state index contributed by atoms with van der Waals surface area (Å²) >= 11 is 5.62. The maximum Gasteiger partial charge on any atom is 0.0615 e. The number of hydrogen-bond acceptors (Lipinski definition) is 2. The average Bonchev–Trinajstić information content (AvgIpc) is 2.04. The maximum absolute atomic E-state index is 5.62. The van der Waals surface area contributed by atoms with Gasteiger partial charge in [0.2, 0.25) is 0 Å². The highest BCUT2D eigenvalue weighted by Crippen LogP contribution is 2.01. The van der Waals surface area contributed by atoms with Crippen LogP contribution in [0, 0.1) is 0 Å². The summed E-state index contributed by atoms with van der Waals surface area (Å²) in [4.78, 5) is 2.17. The second kappa shape index (κ2) is 6.46. The van der Waals surface area contributed by atoms with E-state index in [9.17, 15) is 0 Å². The van der Waals surface area contributed by atoms with Crippen molar-refractivity contribution >= 4 is 11.6 Å². The van der Waals surface area contributed by atoms with Gasteiger partial charge < -0.3 is 4.74 Å². The standard InChI is InChI=1S/C9H18ClNO/c1-8(5-10)6-11(3)9(2)7-12-4/h9H,1,5-7H2,2-4H3. The molecule has 0 fully saturated rings. The summed E-state index contributed by atoms with van der Waals surface area (Å²) in [7, 11) is 3.75. The molecule has 0 aliphatic rings. The summed E-state index contributed by atoms with van der Waals surface area (Å²) in [5.41, 5.74) is 1.04. The maximum atomic E-state index is 5.62. The molecule has 0 N–H and O–H groups in total. The summed E-state index contributed by atoms with van der Waals surface area (Å²) in [6.07, 6.45) is 0. The molecule has 0 radical (unpaired) electrons. The molecule has 3 heteroatoms. The SMILES string of the molecule is C=C(CCl)CN(C)C(C)COC. The first-order chi connectivity index (χ1) is 5.61. The molecule has 0 saturated carbocycles. The van der Waals surface area contributed by atoms with E-state index in [1.165, 1.54) is 0 Å². The Morgan fingerprint density at radius 1 is 1.67 bits per heavy atom. The number of ether oxygens (including phenoxy) is 1. The molecule has 1 unspecified atom stereocenters. The third-order valence-corrected chi connectivity index (χ3v) is 2.20. The predicted octanol–water partition coefficient (Wildman–Crippen LogP) is 1.75. The first-order valence-electron chi connectivity index (χ1n) is 4.03. The lowest BCUT2D eigenvalue weighted by Gasteiger charge is -2.24. The molecule has 1 atom stereocenters. The van der Waals surface area contributed by atoms with Crippen LogP contribution in [0.25, 0.3) is 0 Å². The zero-order valence-corrected chi connectivity index (χ0v) is 8.90. The molecule has 0 spiro atoms. The Morgan fingerprint density at radius 2 is 2.25 bits per heavy atom. The van der Waals surface area contributed by atoms with E-state index < -0.39 is 0 Å². The zero-order chi connectivity index (χ0) is 9.56. The van der Waals surface area contributed by atoms with Crippen molar-refractivity contribution in [2.75, 3.05) is 33.2 Å². The minimum atomic E-state index is 0.412. The second-order valence-electron chi connectivity index (χ2n) is 3.10. The first-order valence-corrected chi connectivity index (χ1v) is 4.57. The Balaban J connectivity index is 3.69. The van der Waals surface area contributed by atoms with Gasteiger partial charge in [-0.15, -0.1) is 11.6 Å². The number of rotatable bonds is 6. The highest BCUT2D eigenvalue weighted by molar-refractivity contribution is 6.19. The third kappa shape index (κ3) is 4.75. The molecule has 0 amide bonds. The number of nitrogens with zero attached hydrogens (tertiary/aromatic N) is 1. The average molecular weight is 192 g/mol. The molecule has 12 heavy (non-hydrogen) atoms. The van der Waals surface area contributed by atoms with Crippen molar-refractivity contribution in [3.05, 3.63) is 12.2 Å². The number of halogens is 1. The summed E-state index contributed by atoms with van der Waals surface area (Å²) in [5, 5.41) is 0. The lowest BCUT2D eigenvalue weighted by atomic mass is 10.2. The lowest BCUT2D eigenvalue weighted by Crippen LogP contribution is -2.34. The summed E-state index contributed by atoms with van der Waals surface area (Å²) < 4.78 is 5.04. The van der Waals surface area contributed by atoms with E-state index in [2.05, 4.69) is 18.4 Å². The molecule has 0 aromatic rings. The van der Waals surface area contributed by atoms with Crippen LogP contribution < -0.4 is 0 Å². The quantitative estimate of drug-likeness (QED) is 0.469. The molecule has 0 aliphatic carbocycles. The number of methoxy groups -OCH3 is 1. The van der Waals surface area contributed by atoms with Crippen molar-refractivity contribution in [3.8, 4) is 0 Å². The Hall–Kier alpha value is -0.0500. The molecule has 2 nitrogen and oxygen atoms in total. The smallest absolute Gasteiger partial charge is 0.0615 e. The number of hydrogen-bond donors (Lipinski definition) is 0. The van der Waals surface area contributed by atoms with Gasteiger partial charge in [0.25, 0.3) is 0 Å². The molecule has 0 saturated heterocycles. The van der Waals surface area contributed by atoms with Crippen molar-refractivity contribution in [2.45, 2.75) is 13.0 Å². The molecule has 0 aliphatic heterocycles. The van der Waals surface area contributed by atoms with Crippen LogP contribution in [0.2, 0.25) is 0 Å². The van der Waals surface area contributed by atoms with Gasteiger partial charge >= 0.3 is 0 Å². The topological polar surface area (TPSA) is 12.5 Å². The van der Waals surface area contributed by atoms with E-state index in [1.54, 1.807) is 7.11 Å². The van der Waals surface area contributed by atoms with Crippen molar-refractivity contribution < 1.29 is 4.74 Å². The van der Waals surface area contributed by atoms with Gasteiger partial charge in [0, 0.05) is 25.6 Å². The van der Waals surface area contributed by atoms with Crippen LogP contribution in [0.4, 0.5) is 0 Å². The lowest BCUT2D eigenvalue weighted by molar-refractivity contribution is 0.121. The fourth-order valence-corrected chi connectivity index (χ4v) is 1.00. The van der Waals surface area contributed by atoms with Crippen LogP contribution in [0.5, 0.6) is 0 Å². The van der Waals surface area contributed by atoms with Crippen LogP contribution in [0.15, 0.2) is 12.2 Å². The fourth-order valence-electron chi connectivity index (χ4n) is 0.919. The molecule has 0 aromatic carbocycles. The molecular weight excluding hydrogens is 174 g/mol. The van der Waals surface area contributed by atoms with Gasteiger partial charge in [0.1, 0.15) is 0 Å². The molecule has 72 valence electrons. The Labute approximate surface area is 80.1 Å². The van der Waals surface area contributed by atoms with Gasteiger partial charge in [-0.05, 0) is 19.5 Å². The first kappa shape index (κ1) is 11.9. The molecular formula is C9H18ClNO. The normalized spacial score (nSPS) is 13.4. The third-order valence-electron chi connectivity index (χ3n) is 1.82. The fraction of sp³-hybridized carbons (Fsp3) is 0.778. The van der Waals surface area contributed by atoms with Crippen molar-refractivity contribution in [1.29, 1.82) is 0 Å². The summed E-state index contributed by atoms with van der Waals surface area (Å²) in [6.45, 7) is 7.54. The number of alkyl halides is 1. The zero-order valence-electron chi connectivity index (χ0n) is 8.14. The van der Waals surface area contributed by atoms with Gasteiger partial charge in [-0.2, -0.15) is 0 Å². The minimum absolute atomic E-state index is 0.412. The number of likely N-dealkylation sites (N-methyl/N-ethyl adjacent to an activating group) is 1. The van der Waals surface area contributed by atoms with E-state index in [0.717, 1.165) is 18.7 Å². The van der Waals surface area contributed by atoms with Gasteiger partial charge in [-0.25, -0.2) is 0 Å². The van der Waals surface area contributed by atoms with Crippen LogP contribution in [-0.2, 0) is 4.74 Å². The van der Waals surface area contributed by atoms with Gasteiger partial charge in [-0.1, -0.05) is 6.58 Å². The molecule has 0 bridgehead atoms. The molecule has 0 rings (SSSR count). The van der Waals surface area contributed by atoms with Crippen molar-refractivity contribution in [1.82, 2.24) is 4.90 Å². The highest BCUT2D eigenvalue weighted by atomic mass is 35.5. The van der Waals surface area contributed by atoms with Crippen LogP contribution in [-0.4, -0.2) is 44.1 Å². The molecule has 0 aromatic heterocycles. The monoisotopic (exact) mass is 191 g/mol. The summed E-state index contributed by atoms with van der Waals surface area (Å²) in [5.74, 6) is 0.532. The van der Waals surface area contributed by atoms with E-state index in [-0.39, 0.29) is 0 Å². The predicted molar refractivity (Wildman–Crippen MR) is 53.8 cm³/mol. The van der Waals surface area contributed by atoms with E-state index in [1.807, 2.05) is 7.05 Å². The second-order valence-corrected chi connectivity index (χ2v) is 3.37. The Morgan fingerprint density at radius 3 is 2.67 bits per heavy atom. The van der Waals surface area contributed by atoms with Gasteiger partial charge in [-0.3, -0.25) is 4.90 Å². The summed E-state index contributed by atoms with van der Waals surface area (Å²) in [6, 6.07) is 0.412. The van der Waals surface area contributed by atoms with Crippen LogP contribution in [0.1, 0.15) is 6.92 Å². The van der Waals surface area contributed by atoms with Crippen molar-refractivity contribution in [2.24, 2.45) is 0 Å². The minimum Gasteiger partial charge on any atom is -0.383 e. The van der Waals surface area contributed by atoms with E-state index >= 15 is 0 Å². The van der Waals surface area contributed by atoms with Crippen molar-refractivity contribution in [3.63, 3.8) is 0 Å². The highest BCUT2D eigenvalue weighted by Gasteiger charge is 2.08. The molecule has 0 heterocycles. The van der Waals surface area contributed by atoms with Gasteiger partial charge in [0.05, 0.1) is 6.61 Å². The van der Waals surface area contributed by atoms with E-state index in [0.29, 0.717) is 11.9 Å². The Bertz CT molecular complexity index is 138. The Kier molecular flexibility index (Phi) is 6.44. The van der Waals surface area contributed by atoms with E-state index in [4.69, 9.17) is 16.3 Å². The van der Waals surface area contributed by atoms with Crippen LogP contribution in [0.3, 0.4) is 0 Å². The van der Waals surface area contributed by atoms with Gasteiger partial charge in [0.15, 0.2) is 0 Å². The van der Waals surface area contributed by atoms with Crippen LogP contribution >= 0.6 is 11.6 Å². The largest absolute Gasteiger partial charge is 0.383 e.